The Morgan fingerprint density at radius 1 is 1.37 bits per heavy atom. The molecule has 0 aliphatic heterocycles. The molecule has 8 heteroatoms. The van der Waals surface area contributed by atoms with Gasteiger partial charge in [0.2, 0.25) is 0 Å². The number of aliphatic hydroxyl groups is 1. The molecule has 2 amide bonds. The van der Waals surface area contributed by atoms with Crippen molar-refractivity contribution in [1.29, 1.82) is 0 Å². The molecule has 0 heterocycles. The van der Waals surface area contributed by atoms with Crippen LogP contribution in [0.4, 0.5) is 23.7 Å². The summed E-state index contributed by atoms with van der Waals surface area (Å²) in [5, 5.41) is 13.2. The van der Waals surface area contributed by atoms with Gasteiger partial charge in [0.15, 0.2) is 0 Å². The number of hydrogen-bond acceptors (Lipinski definition) is 2. The van der Waals surface area contributed by atoms with Gasteiger partial charge in [-0.2, -0.15) is 13.2 Å². The number of rotatable bonds is 4. The first-order valence-electron chi connectivity index (χ1n) is 5.37. The van der Waals surface area contributed by atoms with Crippen LogP contribution in [0, 0.1) is 0 Å². The van der Waals surface area contributed by atoms with Crippen molar-refractivity contribution < 1.29 is 23.1 Å². The van der Waals surface area contributed by atoms with E-state index in [9.17, 15) is 18.0 Å². The van der Waals surface area contributed by atoms with E-state index in [2.05, 4.69) is 26.6 Å². The molecule has 0 aliphatic rings. The first-order valence-corrected chi connectivity index (χ1v) is 6.16. The van der Waals surface area contributed by atoms with Gasteiger partial charge < -0.3 is 15.7 Å². The molecule has 0 aromatic heterocycles. The van der Waals surface area contributed by atoms with Crippen molar-refractivity contribution in [1.82, 2.24) is 5.32 Å². The third-order valence-corrected chi connectivity index (χ3v) is 2.84. The molecule has 0 saturated heterocycles. The number of hydrogen-bond donors (Lipinski definition) is 3. The van der Waals surface area contributed by atoms with E-state index in [1.54, 1.807) is 0 Å². The summed E-state index contributed by atoms with van der Waals surface area (Å²) < 4.78 is 37.8. The minimum atomic E-state index is -4.50. The van der Waals surface area contributed by atoms with Gasteiger partial charge in [-0.05, 0) is 24.6 Å². The normalized spacial score (nSPS) is 11.2. The van der Waals surface area contributed by atoms with Crippen molar-refractivity contribution in [3.8, 4) is 0 Å². The summed E-state index contributed by atoms with van der Waals surface area (Å²) in [6.07, 6.45) is -4.12. The standard InChI is InChI=1S/C11H12BrF3N2O2/c12-9-3-2-7(6-8(9)11(13,14)15)17-10(19)16-4-1-5-18/h2-3,6,18H,1,4-5H2,(H2,16,17,19). The predicted octanol–water partition coefficient (Wildman–Crippen LogP) is 2.97. The van der Waals surface area contributed by atoms with E-state index in [4.69, 9.17) is 5.11 Å². The second-order valence-electron chi connectivity index (χ2n) is 3.65. The van der Waals surface area contributed by atoms with Crippen molar-refractivity contribution in [2.75, 3.05) is 18.5 Å². The summed E-state index contributed by atoms with van der Waals surface area (Å²) in [4.78, 5) is 11.3. The van der Waals surface area contributed by atoms with E-state index >= 15 is 0 Å². The number of aliphatic hydroxyl groups excluding tert-OH is 1. The number of alkyl halides is 3. The highest BCUT2D eigenvalue weighted by molar-refractivity contribution is 9.10. The van der Waals surface area contributed by atoms with E-state index in [0.29, 0.717) is 6.42 Å². The summed E-state index contributed by atoms with van der Waals surface area (Å²) in [7, 11) is 0. The molecule has 1 aromatic carbocycles. The third kappa shape index (κ3) is 5.07. The average Bonchev–Trinajstić information content (AvgIpc) is 2.30. The molecule has 0 bridgehead atoms. The lowest BCUT2D eigenvalue weighted by Gasteiger charge is -2.12. The van der Waals surface area contributed by atoms with Gasteiger partial charge in [-0.15, -0.1) is 0 Å². The fraction of sp³-hybridized carbons (Fsp3) is 0.364. The molecule has 1 rings (SSSR count). The highest BCUT2D eigenvalue weighted by atomic mass is 79.9. The van der Waals surface area contributed by atoms with Gasteiger partial charge in [0.05, 0.1) is 5.56 Å². The highest BCUT2D eigenvalue weighted by Gasteiger charge is 2.33. The number of carbonyl (C=O) groups excluding carboxylic acids is 1. The van der Waals surface area contributed by atoms with Crippen molar-refractivity contribution in [2.24, 2.45) is 0 Å². The summed E-state index contributed by atoms with van der Waals surface area (Å²) in [6.45, 7) is 0.168. The molecule has 1 aromatic rings. The van der Waals surface area contributed by atoms with Gasteiger partial charge in [0.25, 0.3) is 0 Å². The van der Waals surface area contributed by atoms with E-state index in [0.717, 1.165) is 6.07 Å². The highest BCUT2D eigenvalue weighted by Crippen LogP contribution is 2.36. The van der Waals surface area contributed by atoms with Crippen LogP contribution < -0.4 is 10.6 Å². The fourth-order valence-electron chi connectivity index (χ4n) is 1.28. The topological polar surface area (TPSA) is 61.4 Å². The first-order chi connectivity index (χ1) is 8.84. The van der Waals surface area contributed by atoms with Crippen LogP contribution in [-0.2, 0) is 6.18 Å². The van der Waals surface area contributed by atoms with Gasteiger partial charge in [0.1, 0.15) is 0 Å². The maximum Gasteiger partial charge on any atom is 0.417 e. The van der Waals surface area contributed by atoms with E-state index in [1.807, 2.05) is 0 Å². The molecule has 4 nitrogen and oxygen atoms in total. The SMILES string of the molecule is O=C(NCCCO)Nc1ccc(Br)c(C(F)(F)F)c1. The second-order valence-corrected chi connectivity index (χ2v) is 4.50. The molecule has 0 atom stereocenters. The van der Waals surface area contributed by atoms with Crippen LogP contribution >= 0.6 is 15.9 Å². The lowest BCUT2D eigenvalue weighted by molar-refractivity contribution is -0.138. The molecule has 0 unspecified atom stereocenters. The second kappa shape index (κ2) is 6.76. The minimum absolute atomic E-state index is 0.0389. The van der Waals surface area contributed by atoms with Crippen molar-refractivity contribution in [3.63, 3.8) is 0 Å². The van der Waals surface area contributed by atoms with E-state index in [1.165, 1.54) is 12.1 Å². The molecule has 106 valence electrons. The molecule has 19 heavy (non-hydrogen) atoms. The maximum atomic E-state index is 12.6. The molecule has 0 aliphatic carbocycles. The van der Waals surface area contributed by atoms with E-state index < -0.39 is 17.8 Å². The average molecular weight is 341 g/mol. The van der Waals surface area contributed by atoms with Crippen molar-refractivity contribution >= 4 is 27.6 Å². The predicted molar refractivity (Wildman–Crippen MR) is 67.9 cm³/mol. The Bertz CT molecular complexity index is 452. The van der Waals surface area contributed by atoms with Gasteiger partial charge in [-0.1, -0.05) is 15.9 Å². The molecular weight excluding hydrogens is 329 g/mol. The smallest absolute Gasteiger partial charge is 0.396 e. The lowest BCUT2D eigenvalue weighted by atomic mass is 10.2. The Morgan fingerprint density at radius 2 is 2.05 bits per heavy atom. The number of anilines is 1. The number of urea groups is 1. The Labute approximate surface area is 116 Å². The number of halogens is 4. The summed E-state index contributed by atoms with van der Waals surface area (Å²) >= 11 is 2.81. The number of nitrogens with one attached hydrogen (secondary N) is 2. The zero-order valence-corrected chi connectivity index (χ0v) is 11.3. The molecule has 0 spiro atoms. The third-order valence-electron chi connectivity index (χ3n) is 2.15. The largest absolute Gasteiger partial charge is 0.417 e. The van der Waals surface area contributed by atoms with Crippen LogP contribution in [0.2, 0.25) is 0 Å². The van der Waals surface area contributed by atoms with E-state index in [-0.39, 0.29) is 23.3 Å². The van der Waals surface area contributed by atoms with Crippen LogP contribution in [0.25, 0.3) is 0 Å². The Kier molecular flexibility index (Phi) is 5.61. The molecule has 0 fully saturated rings. The summed E-state index contributed by atoms with van der Waals surface area (Å²) in [6, 6.07) is 2.79. The number of benzene rings is 1. The number of amides is 2. The number of carbonyl (C=O) groups is 1. The molecule has 3 N–H and O–H groups in total. The Hall–Kier alpha value is -1.28. The van der Waals surface area contributed by atoms with Crippen LogP contribution in [-0.4, -0.2) is 24.3 Å². The van der Waals surface area contributed by atoms with Gasteiger partial charge in [-0.3, -0.25) is 0 Å². The van der Waals surface area contributed by atoms with Crippen LogP contribution in [0.1, 0.15) is 12.0 Å². The maximum absolute atomic E-state index is 12.6. The zero-order valence-electron chi connectivity index (χ0n) is 9.72. The lowest BCUT2D eigenvalue weighted by Crippen LogP contribution is -2.30. The quantitative estimate of drug-likeness (QED) is 0.738. The summed E-state index contributed by atoms with van der Waals surface area (Å²) in [5.41, 5.74) is -0.822. The Morgan fingerprint density at radius 3 is 2.63 bits per heavy atom. The van der Waals surface area contributed by atoms with Crippen LogP contribution in [0.15, 0.2) is 22.7 Å². The minimum Gasteiger partial charge on any atom is -0.396 e. The van der Waals surface area contributed by atoms with Gasteiger partial charge >= 0.3 is 12.2 Å². The van der Waals surface area contributed by atoms with Crippen molar-refractivity contribution in [3.05, 3.63) is 28.2 Å². The Balaban J connectivity index is 2.72. The molecule has 0 saturated carbocycles. The first kappa shape index (κ1) is 15.8. The zero-order chi connectivity index (χ0) is 14.5. The van der Waals surface area contributed by atoms with Crippen molar-refractivity contribution in [2.45, 2.75) is 12.6 Å². The summed E-state index contributed by atoms with van der Waals surface area (Å²) in [5.74, 6) is 0. The van der Waals surface area contributed by atoms with Crippen LogP contribution in [0.5, 0.6) is 0 Å². The monoisotopic (exact) mass is 340 g/mol. The van der Waals surface area contributed by atoms with Gasteiger partial charge in [0, 0.05) is 23.3 Å². The van der Waals surface area contributed by atoms with Gasteiger partial charge in [-0.25, -0.2) is 4.79 Å². The molecular formula is C11H12BrF3N2O2. The van der Waals surface area contributed by atoms with Crippen LogP contribution in [0.3, 0.4) is 0 Å². The fourth-order valence-corrected chi connectivity index (χ4v) is 1.75. The molecule has 0 radical (unpaired) electrons.